The number of methoxy groups -OCH3 is 1. The van der Waals surface area contributed by atoms with E-state index in [9.17, 15) is 4.79 Å². The molecule has 0 spiro atoms. The van der Waals surface area contributed by atoms with Crippen LogP contribution in [-0.4, -0.2) is 46.5 Å². The fraction of sp³-hybridized carbons (Fsp3) is 0.375. The Balaban J connectivity index is 1.96. The molecule has 0 saturated carbocycles. The van der Waals surface area contributed by atoms with Crippen LogP contribution < -0.4 is 10.1 Å². The van der Waals surface area contributed by atoms with Crippen molar-refractivity contribution in [1.82, 2.24) is 15.1 Å². The Morgan fingerprint density at radius 3 is 2.84 bits per heavy atom. The summed E-state index contributed by atoms with van der Waals surface area (Å²) >= 11 is 2.65. The fourth-order valence-corrected chi connectivity index (χ4v) is 3.47. The molecule has 0 atom stereocenters. The van der Waals surface area contributed by atoms with Gasteiger partial charge in [-0.15, -0.1) is 10.2 Å². The molecule has 7 nitrogen and oxygen atoms in total. The minimum absolute atomic E-state index is 0.133. The number of aromatic nitrogens is 2. The maximum atomic E-state index is 12.2. The van der Waals surface area contributed by atoms with E-state index >= 15 is 0 Å². The van der Waals surface area contributed by atoms with Gasteiger partial charge in [0, 0.05) is 7.05 Å². The van der Waals surface area contributed by atoms with Crippen LogP contribution in [0.2, 0.25) is 0 Å². The lowest BCUT2D eigenvalue weighted by atomic mass is 10.1. The number of anilines is 2. The monoisotopic (exact) mass is 377 g/mol. The zero-order chi connectivity index (χ0) is 18.4. The van der Waals surface area contributed by atoms with Gasteiger partial charge in [0.15, 0.2) is 4.34 Å². The number of nitrogens with zero attached hydrogens (tertiary/aromatic N) is 4. The third-order valence-corrected chi connectivity index (χ3v) is 5.52. The lowest BCUT2D eigenvalue weighted by Crippen LogP contribution is -2.44. The summed E-state index contributed by atoms with van der Waals surface area (Å²) in [5, 5.41) is 21.0. The lowest BCUT2D eigenvalue weighted by Gasteiger charge is -2.28. The van der Waals surface area contributed by atoms with Gasteiger partial charge in [-0.05, 0) is 26.0 Å². The zero-order valence-corrected chi connectivity index (χ0v) is 16.1. The molecule has 25 heavy (non-hydrogen) atoms. The van der Waals surface area contributed by atoms with Crippen LogP contribution in [0.4, 0.5) is 10.8 Å². The van der Waals surface area contributed by atoms with Gasteiger partial charge in [0.25, 0.3) is 0 Å². The number of ether oxygens (including phenoxy) is 1. The molecule has 0 aliphatic rings. The molecule has 1 N–H and O–H groups in total. The van der Waals surface area contributed by atoms with Gasteiger partial charge >= 0.3 is 0 Å². The minimum Gasteiger partial charge on any atom is -0.495 e. The quantitative estimate of drug-likeness (QED) is 0.741. The molecule has 0 saturated heterocycles. The van der Waals surface area contributed by atoms with Crippen molar-refractivity contribution in [3.8, 4) is 11.8 Å². The van der Waals surface area contributed by atoms with Crippen LogP contribution in [0.15, 0.2) is 28.6 Å². The van der Waals surface area contributed by atoms with Gasteiger partial charge in [0.05, 0.1) is 24.6 Å². The van der Waals surface area contributed by atoms with Crippen LogP contribution in [0.5, 0.6) is 5.75 Å². The lowest BCUT2D eigenvalue weighted by molar-refractivity contribution is -0.130. The highest BCUT2D eigenvalue weighted by atomic mass is 32.2. The largest absolute Gasteiger partial charge is 0.495 e. The maximum Gasteiger partial charge on any atom is 0.234 e. The third-order valence-electron chi connectivity index (χ3n) is 3.56. The molecule has 0 fully saturated rings. The highest BCUT2D eigenvalue weighted by Gasteiger charge is 2.27. The smallest absolute Gasteiger partial charge is 0.234 e. The Morgan fingerprint density at radius 1 is 1.44 bits per heavy atom. The van der Waals surface area contributed by atoms with E-state index in [1.165, 1.54) is 28.0 Å². The normalized spacial score (nSPS) is 10.8. The first-order valence-electron chi connectivity index (χ1n) is 7.41. The third kappa shape index (κ3) is 4.84. The number of rotatable bonds is 7. The minimum atomic E-state index is -0.838. The van der Waals surface area contributed by atoms with Crippen molar-refractivity contribution in [3.63, 3.8) is 0 Å². The average molecular weight is 377 g/mol. The molecular weight excluding hydrogens is 358 g/mol. The van der Waals surface area contributed by atoms with Gasteiger partial charge in [-0.2, -0.15) is 5.26 Å². The molecule has 132 valence electrons. The van der Waals surface area contributed by atoms with Crippen LogP contribution >= 0.6 is 23.1 Å². The first kappa shape index (κ1) is 19.0. The number of benzene rings is 1. The summed E-state index contributed by atoms with van der Waals surface area (Å²) < 4.78 is 5.96. The van der Waals surface area contributed by atoms with Crippen LogP contribution in [0, 0.1) is 11.3 Å². The number of hydrogen-bond acceptors (Lipinski definition) is 8. The van der Waals surface area contributed by atoms with Gasteiger partial charge in [-0.25, -0.2) is 0 Å². The van der Waals surface area contributed by atoms with Crippen molar-refractivity contribution in [2.75, 3.05) is 25.2 Å². The number of hydrogen-bond donors (Lipinski definition) is 1. The summed E-state index contributed by atoms with van der Waals surface area (Å²) in [5.41, 5.74) is -0.0423. The van der Waals surface area contributed by atoms with E-state index in [-0.39, 0.29) is 11.7 Å². The SMILES string of the molecule is COc1ccccc1Nc1nnc(SCC(=O)N(C)C(C)(C)C#N)s1. The first-order valence-corrected chi connectivity index (χ1v) is 9.22. The molecule has 0 unspecified atom stereocenters. The van der Waals surface area contributed by atoms with E-state index in [2.05, 4.69) is 21.6 Å². The molecule has 9 heteroatoms. The fourth-order valence-electron chi connectivity index (χ4n) is 1.79. The Labute approximate surface area is 155 Å². The predicted octanol–water partition coefficient (Wildman–Crippen LogP) is 3.14. The van der Waals surface area contributed by atoms with Crippen molar-refractivity contribution < 1.29 is 9.53 Å². The number of carbonyl (C=O) groups is 1. The van der Waals surface area contributed by atoms with Crippen LogP contribution in [0.3, 0.4) is 0 Å². The molecule has 0 aliphatic carbocycles. The second-order valence-electron chi connectivity index (χ2n) is 5.61. The summed E-state index contributed by atoms with van der Waals surface area (Å²) in [6.45, 7) is 3.41. The van der Waals surface area contributed by atoms with E-state index in [0.717, 1.165) is 5.69 Å². The molecule has 0 radical (unpaired) electrons. The van der Waals surface area contributed by atoms with Crippen molar-refractivity contribution in [2.24, 2.45) is 0 Å². The van der Waals surface area contributed by atoms with E-state index < -0.39 is 5.54 Å². The Kier molecular flexibility index (Phi) is 6.22. The van der Waals surface area contributed by atoms with Gasteiger partial charge in [0.2, 0.25) is 11.0 Å². The molecule has 0 aliphatic heterocycles. The summed E-state index contributed by atoms with van der Waals surface area (Å²) in [4.78, 5) is 13.6. The highest BCUT2D eigenvalue weighted by molar-refractivity contribution is 8.01. The molecule has 2 rings (SSSR count). The maximum absolute atomic E-state index is 12.2. The van der Waals surface area contributed by atoms with Crippen molar-refractivity contribution >= 4 is 39.8 Å². The van der Waals surface area contributed by atoms with Gasteiger partial charge in [-0.3, -0.25) is 4.79 Å². The summed E-state index contributed by atoms with van der Waals surface area (Å²) in [6.07, 6.45) is 0. The van der Waals surface area contributed by atoms with Gasteiger partial charge in [-0.1, -0.05) is 35.2 Å². The Morgan fingerprint density at radius 2 is 2.16 bits per heavy atom. The van der Waals surface area contributed by atoms with Gasteiger partial charge in [0.1, 0.15) is 11.3 Å². The molecule has 2 aromatic rings. The average Bonchev–Trinajstić information content (AvgIpc) is 3.06. The summed E-state index contributed by atoms with van der Waals surface area (Å²) in [6, 6.07) is 9.63. The van der Waals surface area contributed by atoms with Crippen molar-refractivity contribution in [3.05, 3.63) is 24.3 Å². The highest BCUT2D eigenvalue weighted by Crippen LogP contribution is 2.31. The van der Waals surface area contributed by atoms with E-state index in [1.807, 2.05) is 24.3 Å². The molecular formula is C16H19N5O2S2. The van der Waals surface area contributed by atoms with E-state index in [1.54, 1.807) is 28.0 Å². The number of nitrogens with one attached hydrogen (secondary N) is 1. The van der Waals surface area contributed by atoms with Crippen LogP contribution in [0.1, 0.15) is 13.8 Å². The number of amides is 1. The molecule has 0 bridgehead atoms. The molecule has 1 amide bonds. The van der Waals surface area contributed by atoms with Crippen LogP contribution in [0.25, 0.3) is 0 Å². The van der Waals surface area contributed by atoms with Crippen molar-refractivity contribution in [1.29, 1.82) is 5.26 Å². The van der Waals surface area contributed by atoms with E-state index in [0.29, 0.717) is 15.2 Å². The summed E-state index contributed by atoms with van der Waals surface area (Å²) in [7, 11) is 3.23. The first-order chi connectivity index (χ1) is 11.9. The number of thioether (sulfide) groups is 1. The predicted molar refractivity (Wildman–Crippen MR) is 99.4 cm³/mol. The zero-order valence-electron chi connectivity index (χ0n) is 14.4. The second-order valence-corrected chi connectivity index (χ2v) is 7.81. The topological polar surface area (TPSA) is 91.1 Å². The molecule has 1 aromatic heterocycles. The number of para-hydroxylation sites is 2. The van der Waals surface area contributed by atoms with Gasteiger partial charge < -0.3 is 15.0 Å². The molecule has 1 aromatic carbocycles. The van der Waals surface area contributed by atoms with Crippen molar-refractivity contribution in [2.45, 2.75) is 23.7 Å². The Bertz CT molecular complexity index is 785. The number of carbonyl (C=O) groups excluding carboxylic acids is 1. The number of nitriles is 1. The standard InChI is InChI=1S/C16H19N5O2S2/c1-16(2,10-17)21(3)13(22)9-24-15-20-19-14(25-15)18-11-7-5-6-8-12(11)23-4/h5-8H,9H2,1-4H3,(H,18,19). The molecule has 1 heterocycles. The second kappa shape index (κ2) is 8.18. The van der Waals surface area contributed by atoms with Crippen LogP contribution in [-0.2, 0) is 4.79 Å². The van der Waals surface area contributed by atoms with E-state index in [4.69, 9.17) is 10.00 Å². The Hall–Kier alpha value is -2.31. The summed E-state index contributed by atoms with van der Waals surface area (Å²) in [5.74, 6) is 0.777.